The van der Waals surface area contributed by atoms with Crippen LogP contribution in [0.15, 0.2) is 65.8 Å². The normalized spacial score (nSPS) is 10.9. The molecule has 8 heteroatoms. The highest BCUT2D eigenvalue weighted by atomic mass is 35.5. The molecule has 0 aromatic heterocycles. The Morgan fingerprint density at radius 2 is 1.69 bits per heavy atom. The molecule has 5 nitrogen and oxygen atoms in total. The van der Waals surface area contributed by atoms with E-state index in [1.807, 2.05) is 0 Å². The minimum absolute atomic E-state index is 0.181. The molecule has 0 aliphatic rings. The first-order chi connectivity index (χ1) is 14.0. The van der Waals surface area contributed by atoms with Crippen LogP contribution in [0.1, 0.15) is 21.5 Å². The molecule has 0 spiro atoms. The summed E-state index contributed by atoms with van der Waals surface area (Å²) in [6, 6.07) is 17.2. The highest BCUT2D eigenvalue weighted by molar-refractivity contribution is 6.44. The minimum Gasteiger partial charge on any atom is -0.489 e. The van der Waals surface area contributed by atoms with Crippen LogP contribution >= 0.6 is 34.8 Å². The van der Waals surface area contributed by atoms with Crippen molar-refractivity contribution in [3.8, 4) is 5.75 Å². The van der Waals surface area contributed by atoms with Crippen molar-refractivity contribution >= 4 is 52.6 Å². The summed E-state index contributed by atoms with van der Waals surface area (Å²) in [5, 5.41) is 5.22. The third kappa shape index (κ3) is 5.41. The van der Waals surface area contributed by atoms with Gasteiger partial charge < -0.3 is 10.5 Å². The molecule has 0 radical (unpaired) electrons. The SMILES string of the molecule is Nc1ccccc1C(=O)N/N=C/c1ccc(OCc2c(Cl)ccc(Cl)c2Cl)cc1. The van der Waals surface area contributed by atoms with E-state index in [2.05, 4.69) is 10.5 Å². The van der Waals surface area contributed by atoms with Crippen LogP contribution in [0.25, 0.3) is 0 Å². The van der Waals surface area contributed by atoms with Crippen molar-refractivity contribution in [3.63, 3.8) is 0 Å². The molecule has 0 saturated carbocycles. The number of benzene rings is 3. The van der Waals surface area contributed by atoms with Crippen LogP contribution in [0.3, 0.4) is 0 Å². The number of nitrogen functional groups attached to an aromatic ring is 1. The summed E-state index contributed by atoms with van der Waals surface area (Å²) in [7, 11) is 0. The molecule has 148 valence electrons. The number of ether oxygens (including phenoxy) is 1. The van der Waals surface area contributed by atoms with Crippen LogP contribution < -0.4 is 15.9 Å². The molecule has 0 fully saturated rings. The number of carbonyl (C=O) groups is 1. The molecule has 0 unspecified atom stereocenters. The average Bonchev–Trinajstić information content (AvgIpc) is 2.72. The van der Waals surface area contributed by atoms with Crippen LogP contribution in [0, 0.1) is 0 Å². The van der Waals surface area contributed by atoms with Crippen molar-refractivity contribution in [1.82, 2.24) is 5.43 Å². The molecule has 0 bridgehead atoms. The maximum atomic E-state index is 12.1. The molecule has 0 aliphatic heterocycles. The Kier molecular flexibility index (Phi) is 6.99. The van der Waals surface area contributed by atoms with Gasteiger partial charge in [-0.15, -0.1) is 0 Å². The van der Waals surface area contributed by atoms with Crippen LogP contribution in [0.4, 0.5) is 5.69 Å². The molecular weight excluding hydrogens is 433 g/mol. The van der Waals surface area contributed by atoms with Crippen molar-refractivity contribution in [2.45, 2.75) is 6.61 Å². The van der Waals surface area contributed by atoms with Crippen LogP contribution in [-0.4, -0.2) is 12.1 Å². The van der Waals surface area contributed by atoms with Crippen LogP contribution in [0.2, 0.25) is 15.1 Å². The van der Waals surface area contributed by atoms with Gasteiger partial charge in [-0.1, -0.05) is 46.9 Å². The Morgan fingerprint density at radius 1 is 1.00 bits per heavy atom. The Balaban J connectivity index is 1.58. The van der Waals surface area contributed by atoms with Gasteiger partial charge in [-0.3, -0.25) is 4.79 Å². The zero-order valence-electron chi connectivity index (χ0n) is 15.0. The fourth-order valence-electron chi connectivity index (χ4n) is 2.44. The third-order valence-electron chi connectivity index (χ3n) is 3.99. The molecule has 3 aromatic carbocycles. The topological polar surface area (TPSA) is 76.7 Å². The predicted octanol–water partition coefficient (Wildman–Crippen LogP) is 5.57. The molecule has 0 aliphatic carbocycles. The van der Waals surface area contributed by atoms with E-state index in [1.54, 1.807) is 60.7 Å². The summed E-state index contributed by atoms with van der Waals surface area (Å²) in [5.74, 6) is 0.241. The Bertz CT molecular complexity index is 1050. The maximum Gasteiger partial charge on any atom is 0.273 e. The van der Waals surface area contributed by atoms with E-state index >= 15 is 0 Å². The summed E-state index contributed by atoms with van der Waals surface area (Å²) < 4.78 is 5.72. The molecule has 29 heavy (non-hydrogen) atoms. The first kappa shape index (κ1) is 21.0. The lowest BCUT2D eigenvalue weighted by molar-refractivity contribution is 0.0956. The first-order valence-electron chi connectivity index (χ1n) is 8.49. The van der Waals surface area contributed by atoms with Gasteiger partial charge in [0.1, 0.15) is 12.4 Å². The predicted molar refractivity (Wildman–Crippen MR) is 118 cm³/mol. The molecular formula is C21H16Cl3N3O2. The van der Waals surface area contributed by atoms with Crippen molar-refractivity contribution in [1.29, 1.82) is 0 Å². The number of para-hydroxylation sites is 1. The van der Waals surface area contributed by atoms with E-state index in [0.717, 1.165) is 5.56 Å². The number of hydrazone groups is 1. The molecule has 0 atom stereocenters. The molecule has 3 aromatic rings. The largest absolute Gasteiger partial charge is 0.489 e. The van der Waals surface area contributed by atoms with Crippen molar-refractivity contribution in [3.05, 3.63) is 92.4 Å². The summed E-state index contributed by atoms with van der Waals surface area (Å²) in [4.78, 5) is 12.1. The smallest absolute Gasteiger partial charge is 0.273 e. The maximum absolute atomic E-state index is 12.1. The van der Waals surface area contributed by atoms with E-state index < -0.39 is 0 Å². The second-order valence-corrected chi connectivity index (χ2v) is 7.16. The zero-order valence-corrected chi connectivity index (χ0v) is 17.3. The quantitative estimate of drug-likeness (QED) is 0.224. The van der Waals surface area contributed by atoms with Crippen molar-refractivity contribution in [2.24, 2.45) is 5.10 Å². The third-order valence-corrected chi connectivity index (χ3v) is 5.18. The number of anilines is 1. The lowest BCUT2D eigenvalue weighted by atomic mass is 10.2. The Morgan fingerprint density at radius 3 is 2.41 bits per heavy atom. The van der Waals surface area contributed by atoms with Gasteiger partial charge in [-0.25, -0.2) is 5.43 Å². The van der Waals surface area contributed by atoms with Crippen molar-refractivity contribution < 1.29 is 9.53 Å². The van der Waals surface area contributed by atoms with E-state index in [-0.39, 0.29) is 12.5 Å². The Labute approximate surface area is 183 Å². The van der Waals surface area contributed by atoms with Gasteiger partial charge in [-0.05, 0) is 54.1 Å². The fourth-order valence-corrected chi connectivity index (χ4v) is 3.09. The highest BCUT2D eigenvalue weighted by Crippen LogP contribution is 2.32. The summed E-state index contributed by atoms with van der Waals surface area (Å²) >= 11 is 18.3. The monoisotopic (exact) mass is 447 g/mol. The number of nitrogens with zero attached hydrogens (tertiary/aromatic N) is 1. The number of amides is 1. The molecule has 1 amide bonds. The summed E-state index contributed by atoms with van der Waals surface area (Å²) in [5.41, 5.74) is 10.4. The van der Waals surface area contributed by atoms with Gasteiger partial charge in [0.25, 0.3) is 5.91 Å². The fraction of sp³-hybridized carbons (Fsp3) is 0.0476. The second-order valence-electron chi connectivity index (χ2n) is 5.97. The van der Waals surface area contributed by atoms with Crippen LogP contribution in [0.5, 0.6) is 5.75 Å². The molecule has 0 heterocycles. The standard InChI is InChI=1S/C21H16Cl3N3O2/c22-17-9-10-18(23)20(24)16(17)12-29-14-7-5-13(6-8-14)11-26-27-21(28)15-3-1-2-4-19(15)25/h1-11H,12,25H2,(H,27,28)/b26-11+. The number of hydrogen-bond acceptors (Lipinski definition) is 4. The van der Waals surface area contributed by atoms with Gasteiger partial charge in [0.05, 0.1) is 21.8 Å². The number of rotatable bonds is 6. The first-order valence-corrected chi connectivity index (χ1v) is 9.62. The van der Waals surface area contributed by atoms with E-state index in [1.165, 1.54) is 6.21 Å². The second kappa shape index (κ2) is 9.65. The minimum atomic E-state index is -0.380. The lowest BCUT2D eigenvalue weighted by Gasteiger charge is -2.10. The summed E-state index contributed by atoms with van der Waals surface area (Å²) in [6.45, 7) is 0.181. The number of nitrogens with two attached hydrogens (primary N) is 1. The van der Waals surface area contributed by atoms with E-state index in [4.69, 9.17) is 45.3 Å². The van der Waals surface area contributed by atoms with Gasteiger partial charge in [0, 0.05) is 16.3 Å². The number of nitrogens with one attached hydrogen (secondary N) is 1. The lowest BCUT2D eigenvalue weighted by Crippen LogP contribution is -2.18. The zero-order chi connectivity index (χ0) is 20.8. The molecule has 3 N–H and O–H groups in total. The highest BCUT2D eigenvalue weighted by Gasteiger charge is 2.10. The summed E-state index contributed by atoms with van der Waals surface area (Å²) in [6.07, 6.45) is 1.52. The molecule has 3 rings (SSSR count). The van der Waals surface area contributed by atoms with Gasteiger partial charge in [0.2, 0.25) is 0 Å². The molecule has 0 saturated heterocycles. The van der Waals surface area contributed by atoms with Gasteiger partial charge in [-0.2, -0.15) is 5.10 Å². The van der Waals surface area contributed by atoms with Crippen molar-refractivity contribution in [2.75, 3.05) is 5.73 Å². The van der Waals surface area contributed by atoms with Gasteiger partial charge >= 0.3 is 0 Å². The number of hydrogen-bond donors (Lipinski definition) is 2. The number of carbonyl (C=O) groups excluding carboxylic acids is 1. The van der Waals surface area contributed by atoms with E-state index in [0.29, 0.717) is 37.6 Å². The Hall–Kier alpha value is -2.73. The number of halogens is 3. The van der Waals surface area contributed by atoms with Crippen LogP contribution in [-0.2, 0) is 6.61 Å². The van der Waals surface area contributed by atoms with Gasteiger partial charge in [0.15, 0.2) is 0 Å². The average molecular weight is 449 g/mol. The van der Waals surface area contributed by atoms with E-state index in [9.17, 15) is 4.79 Å².